The maximum atomic E-state index is 12.3. The Balaban J connectivity index is 1.84. The Morgan fingerprint density at radius 1 is 1.58 bits per heavy atom. The van der Waals surface area contributed by atoms with E-state index in [0.29, 0.717) is 31.9 Å². The molecule has 1 aromatic rings. The molecule has 6 nitrogen and oxygen atoms in total. The zero-order valence-corrected chi connectivity index (χ0v) is 11.1. The van der Waals surface area contributed by atoms with Crippen molar-refractivity contribution in [3.8, 4) is 0 Å². The molecule has 2 saturated heterocycles. The van der Waals surface area contributed by atoms with E-state index in [-0.39, 0.29) is 18.4 Å². The molecule has 1 aromatic heterocycles. The van der Waals surface area contributed by atoms with Crippen LogP contribution in [0, 0.1) is 11.3 Å². The van der Waals surface area contributed by atoms with Gasteiger partial charge < -0.3 is 14.7 Å². The normalized spacial score (nSPS) is 30.1. The molecule has 0 spiro atoms. The first-order chi connectivity index (χ1) is 9.13. The first-order valence-corrected chi connectivity index (χ1v) is 7.06. The van der Waals surface area contributed by atoms with Crippen LogP contribution < -0.4 is 0 Å². The summed E-state index contributed by atoms with van der Waals surface area (Å²) in [6, 6.07) is 0. The first kappa shape index (κ1) is 12.6. The lowest BCUT2D eigenvalue weighted by Crippen LogP contribution is -2.45. The number of aliphatic carboxylic acids is 1. The highest BCUT2D eigenvalue weighted by Gasteiger charge is 2.55. The second kappa shape index (κ2) is 4.57. The van der Waals surface area contributed by atoms with E-state index in [1.54, 1.807) is 15.8 Å². The molecule has 2 aliphatic heterocycles. The maximum absolute atomic E-state index is 12.3. The largest absolute Gasteiger partial charge is 0.481 e. The van der Waals surface area contributed by atoms with Crippen LogP contribution in [0.15, 0.2) is 10.9 Å². The summed E-state index contributed by atoms with van der Waals surface area (Å²) in [5.41, 5.74) is 1.15. The van der Waals surface area contributed by atoms with Crippen LogP contribution in [0.5, 0.6) is 0 Å². The molecule has 0 aliphatic carbocycles. The minimum Gasteiger partial charge on any atom is -0.481 e. The Bertz CT molecular complexity index is 504. The van der Waals surface area contributed by atoms with Crippen LogP contribution in [0.3, 0.4) is 0 Å². The summed E-state index contributed by atoms with van der Waals surface area (Å²) in [7, 11) is 0. The van der Waals surface area contributed by atoms with Gasteiger partial charge in [-0.15, -0.1) is 11.3 Å². The summed E-state index contributed by atoms with van der Waals surface area (Å²) in [5, 5.41) is 11.2. The van der Waals surface area contributed by atoms with Gasteiger partial charge >= 0.3 is 5.97 Å². The van der Waals surface area contributed by atoms with Crippen molar-refractivity contribution >= 4 is 23.2 Å². The number of hydrogen-bond acceptors (Lipinski definition) is 5. The summed E-state index contributed by atoms with van der Waals surface area (Å²) in [6.07, 6.45) is 0.466. The number of likely N-dealkylation sites (tertiary alicyclic amines) is 1. The van der Waals surface area contributed by atoms with Gasteiger partial charge in [0.05, 0.1) is 17.5 Å². The number of amides is 1. The zero-order chi connectivity index (χ0) is 13.5. The van der Waals surface area contributed by atoms with Crippen LogP contribution in [0.2, 0.25) is 0 Å². The molecule has 0 bridgehead atoms. The molecule has 7 heteroatoms. The zero-order valence-electron chi connectivity index (χ0n) is 10.2. The molecule has 2 atom stereocenters. The lowest BCUT2D eigenvalue weighted by molar-refractivity contribution is -0.157. The van der Waals surface area contributed by atoms with Crippen molar-refractivity contribution in [3.05, 3.63) is 16.6 Å². The molecule has 0 aromatic carbocycles. The van der Waals surface area contributed by atoms with Gasteiger partial charge in [0.2, 0.25) is 0 Å². The van der Waals surface area contributed by atoms with Crippen molar-refractivity contribution in [2.75, 3.05) is 26.3 Å². The minimum atomic E-state index is -0.843. The van der Waals surface area contributed by atoms with Gasteiger partial charge in [0.15, 0.2) is 0 Å². The Labute approximate surface area is 114 Å². The Hall–Kier alpha value is -1.47. The van der Waals surface area contributed by atoms with Crippen molar-refractivity contribution in [2.45, 2.75) is 6.42 Å². The van der Waals surface area contributed by atoms with E-state index in [1.807, 2.05) is 0 Å². The van der Waals surface area contributed by atoms with E-state index < -0.39 is 11.4 Å². The quantitative estimate of drug-likeness (QED) is 0.864. The van der Waals surface area contributed by atoms with E-state index in [4.69, 9.17) is 4.74 Å². The molecule has 0 saturated carbocycles. The molecule has 0 unspecified atom stereocenters. The molecule has 2 aliphatic rings. The van der Waals surface area contributed by atoms with Crippen LogP contribution in [-0.4, -0.2) is 53.2 Å². The molecular formula is C12H14N2O4S. The number of ether oxygens (including phenoxy) is 1. The van der Waals surface area contributed by atoms with Crippen LogP contribution in [-0.2, 0) is 9.53 Å². The average Bonchev–Trinajstić information content (AvgIpc) is 3.05. The van der Waals surface area contributed by atoms with Crippen LogP contribution in [0.25, 0.3) is 0 Å². The van der Waals surface area contributed by atoms with Gasteiger partial charge in [-0.25, -0.2) is 4.98 Å². The van der Waals surface area contributed by atoms with E-state index >= 15 is 0 Å². The molecular weight excluding hydrogens is 268 g/mol. The topological polar surface area (TPSA) is 79.7 Å². The highest BCUT2D eigenvalue weighted by Crippen LogP contribution is 2.42. The third-order valence-corrected chi connectivity index (χ3v) is 4.66. The van der Waals surface area contributed by atoms with Crippen molar-refractivity contribution < 1.29 is 19.4 Å². The number of fused-ring (bicyclic) bond motifs is 1. The molecule has 1 amide bonds. The summed E-state index contributed by atoms with van der Waals surface area (Å²) in [5.74, 6) is -1.13. The summed E-state index contributed by atoms with van der Waals surface area (Å²) in [6.45, 7) is 1.55. The van der Waals surface area contributed by atoms with Gasteiger partial charge in [-0.3, -0.25) is 9.59 Å². The fourth-order valence-electron chi connectivity index (χ4n) is 2.93. The number of carbonyl (C=O) groups is 2. The highest BCUT2D eigenvalue weighted by molar-refractivity contribution is 7.07. The monoisotopic (exact) mass is 282 g/mol. The average molecular weight is 282 g/mol. The molecule has 2 fully saturated rings. The van der Waals surface area contributed by atoms with E-state index in [2.05, 4.69) is 4.98 Å². The number of carbonyl (C=O) groups excluding carboxylic acids is 1. The summed E-state index contributed by atoms with van der Waals surface area (Å²) < 4.78 is 5.36. The smallest absolute Gasteiger partial charge is 0.311 e. The summed E-state index contributed by atoms with van der Waals surface area (Å²) in [4.78, 5) is 29.5. The number of rotatable bonds is 2. The number of thiazole rings is 1. The lowest BCUT2D eigenvalue weighted by Gasteiger charge is -2.33. The molecule has 102 valence electrons. The van der Waals surface area contributed by atoms with Gasteiger partial charge in [0, 0.05) is 31.0 Å². The van der Waals surface area contributed by atoms with Crippen LogP contribution in [0.1, 0.15) is 16.9 Å². The Morgan fingerprint density at radius 3 is 3.05 bits per heavy atom. The van der Waals surface area contributed by atoms with Gasteiger partial charge in [-0.2, -0.15) is 0 Å². The fourth-order valence-corrected chi connectivity index (χ4v) is 3.46. The van der Waals surface area contributed by atoms with E-state index in [1.165, 1.54) is 11.3 Å². The number of carboxylic acids is 1. The molecule has 3 rings (SSSR count). The highest BCUT2D eigenvalue weighted by atomic mass is 32.1. The SMILES string of the molecule is O=C(c1cscn1)N1C[C@H]2COCC[C@@]2(C(=O)O)C1. The molecule has 3 heterocycles. The number of hydrogen-bond donors (Lipinski definition) is 1. The third-order valence-electron chi connectivity index (χ3n) is 4.07. The van der Waals surface area contributed by atoms with E-state index in [9.17, 15) is 14.7 Å². The van der Waals surface area contributed by atoms with Crippen molar-refractivity contribution in [1.29, 1.82) is 0 Å². The number of aromatic nitrogens is 1. The Morgan fingerprint density at radius 2 is 2.42 bits per heavy atom. The lowest BCUT2D eigenvalue weighted by atomic mass is 9.74. The second-order valence-corrected chi connectivity index (χ2v) is 5.76. The van der Waals surface area contributed by atoms with Crippen LogP contribution >= 0.6 is 11.3 Å². The van der Waals surface area contributed by atoms with Gasteiger partial charge in [0.25, 0.3) is 5.91 Å². The van der Waals surface area contributed by atoms with Crippen LogP contribution in [0.4, 0.5) is 0 Å². The Kier molecular flexibility index (Phi) is 3.02. The van der Waals surface area contributed by atoms with Crippen molar-refractivity contribution in [2.24, 2.45) is 11.3 Å². The number of carboxylic acid groups (broad SMARTS) is 1. The van der Waals surface area contributed by atoms with Gasteiger partial charge in [-0.1, -0.05) is 0 Å². The molecule has 0 radical (unpaired) electrons. The fraction of sp³-hybridized carbons (Fsp3) is 0.583. The molecule has 19 heavy (non-hydrogen) atoms. The van der Waals surface area contributed by atoms with E-state index in [0.717, 1.165) is 0 Å². The standard InChI is InChI=1S/C12H14N2O4S/c15-10(9-5-19-7-13-9)14-3-8-4-18-2-1-12(8,6-14)11(16)17/h5,7-8H,1-4,6H2,(H,16,17)/t8-,12+/m0/s1. The van der Waals surface area contributed by atoms with Gasteiger partial charge in [0.1, 0.15) is 5.69 Å². The maximum Gasteiger partial charge on any atom is 0.311 e. The summed E-state index contributed by atoms with van der Waals surface area (Å²) >= 11 is 1.36. The minimum absolute atomic E-state index is 0.124. The van der Waals surface area contributed by atoms with Crippen molar-refractivity contribution in [1.82, 2.24) is 9.88 Å². The third kappa shape index (κ3) is 1.93. The predicted molar refractivity (Wildman–Crippen MR) is 67.0 cm³/mol. The first-order valence-electron chi connectivity index (χ1n) is 6.12. The second-order valence-electron chi connectivity index (χ2n) is 5.04. The van der Waals surface area contributed by atoms with Crippen molar-refractivity contribution in [3.63, 3.8) is 0 Å². The van der Waals surface area contributed by atoms with Gasteiger partial charge in [-0.05, 0) is 6.42 Å². The predicted octanol–water partition coefficient (Wildman–Crippen LogP) is 0.706. The number of nitrogens with zero attached hydrogens (tertiary/aromatic N) is 2. The molecule has 1 N–H and O–H groups in total.